The van der Waals surface area contributed by atoms with Crippen LogP contribution in [0.3, 0.4) is 0 Å². The minimum atomic E-state index is 0.224. The highest BCUT2D eigenvalue weighted by atomic mass is 16.5. The number of ether oxygens (including phenoxy) is 1. The second-order valence-corrected chi connectivity index (χ2v) is 6.14. The fourth-order valence-corrected chi connectivity index (χ4v) is 2.66. The molecule has 0 unspecified atom stereocenters. The number of benzene rings is 2. The number of rotatable bonds is 7. The lowest BCUT2D eigenvalue weighted by molar-refractivity contribution is 0.306. The number of hydrogen-bond acceptors (Lipinski definition) is 4. The van der Waals surface area contributed by atoms with E-state index in [-0.39, 0.29) is 6.04 Å². The lowest BCUT2D eigenvalue weighted by Crippen LogP contribution is -2.18. The van der Waals surface area contributed by atoms with E-state index in [1.807, 2.05) is 48.7 Å². The molecule has 2 aromatic carbocycles. The van der Waals surface area contributed by atoms with E-state index in [9.17, 15) is 0 Å². The summed E-state index contributed by atoms with van der Waals surface area (Å²) in [5, 5.41) is 12.5. The molecule has 0 aliphatic heterocycles. The van der Waals surface area contributed by atoms with Crippen molar-refractivity contribution in [2.75, 3.05) is 0 Å². The molecule has 1 atom stereocenters. The van der Waals surface area contributed by atoms with Gasteiger partial charge in [-0.15, -0.1) is 0 Å². The minimum absolute atomic E-state index is 0.224. The fraction of sp³-hybridized carbons (Fsp3) is 0.182. The number of nitriles is 1. The van der Waals surface area contributed by atoms with Crippen LogP contribution in [0.1, 0.15) is 35.2 Å². The number of nitrogens with one attached hydrogen (secondary N) is 1. The van der Waals surface area contributed by atoms with Crippen LogP contribution < -0.4 is 10.1 Å². The number of nitrogens with zero attached hydrogens (tertiary/aromatic N) is 2. The molecule has 0 spiro atoms. The molecule has 0 bridgehead atoms. The van der Waals surface area contributed by atoms with E-state index in [1.54, 1.807) is 12.3 Å². The number of hydrogen-bond donors (Lipinski definition) is 1. The van der Waals surface area contributed by atoms with Gasteiger partial charge in [0.05, 0.1) is 11.6 Å². The molecule has 0 saturated heterocycles. The summed E-state index contributed by atoms with van der Waals surface area (Å²) in [6, 6.07) is 21.9. The first-order valence-electron chi connectivity index (χ1n) is 8.58. The summed E-state index contributed by atoms with van der Waals surface area (Å²) in [6.45, 7) is 3.31. The van der Waals surface area contributed by atoms with Gasteiger partial charge in [-0.3, -0.25) is 4.98 Å². The van der Waals surface area contributed by atoms with Crippen molar-refractivity contribution in [3.8, 4) is 11.8 Å². The van der Waals surface area contributed by atoms with Crippen molar-refractivity contribution < 1.29 is 4.74 Å². The predicted octanol–water partition coefficient (Wildman–Crippen LogP) is 4.38. The molecule has 130 valence electrons. The lowest BCUT2D eigenvalue weighted by Gasteiger charge is -2.14. The Morgan fingerprint density at radius 3 is 2.73 bits per heavy atom. The summed E-state index contributed by atoms with van der Waals surface area (Å²) >= 11 is 0. The Morgan fingerprint density at radius 1 is 1.08 bits per heavy atom. The van der Waals surface area contributed by atoms with Crippen LogP contribution >= 0.6 is 0 Å². The molecule has 0 fully saturated rings. The van der Waals surface area contributed by atoms with Gasteiger partial charge in [0.15, 0.2) is 0 Å². The molecule has 0 aliphatic carbocycles. The summed E-state index contributed by atoms with van der Waals surface area (Å²) in [5.74, 6) is 0.820. The maximum absolute atomic E-state index is 8.97. The van der Waals surface area contributed by atoms with Gasteiger partial charge in [0, 0.05) is 25.0 Å². The normalized spacial score (nSPS) is 11.5. The zero-order valence-electron chi connectivity index (χ0n) is 14.7. The van der Waals surface area contributed by atoms with E-state index in [1.165, 1.54) is 0 Å². The van der Waals surface area contributed by atoms with Crippen molar-refractivity contribution >= 4 is 0 Å². The van der Waals surface area contributed by atoms with Crippen LogP contribution in [0.15, 0.2) is 73.1 Å². The van der Waals surface area contributed by atoms with Crippen LogP contribution in [-0.4, -0.2) is 4.98 Å². The zero-order valence-corrected chi connectivity index (χ0v) is 14.7. The Bertz CT molecular complexity index is 887. The van der Waals surface area contributed by atoms with Gasteiger partial charge in [-0.2, -0.15) is 5.26 Å². The van der Waals surface area contributed by atoms with E-state index in [0.29, 0.717) is 12.2 Å². The highest BCUT2D eigenvalue weighted by molar-refractivity contribution is 5.33. The van der Waals surface area contributed by atoms with Gasteiger partial charge < -0.3 is 10.1 Å². The molecule has 4 nitrogen and oxygen atoms in total. The fourth-order valence-electron chi connectivity index (χ4n) is 2.66. The Balaban J connectivity index is 1.57. The van der Waals surface area contributed by atoms with E-state index in [0.717, 1.165) is 29.0 Å². The zero-order chi connectivity index (χ0) is 18.2. The first kappa shape index (κ1) is 17.7. The highest BCUT2D eigenvalue weighted by Crippen LogP contribution is 2.17. The van der Waals surface area contributed by atoms with Crippen molar-refractivity contribution in [2.24, 2.45) is 0 Å². The lowest BCUT2D eigenvalue weighted by atomic mass is 10.1. The van der Waals surface area contributed by atoms with Gasteiger partial charge in [-0.25, -0.2) is 0 Å². The molecule has 4 heteroatoms. The maximum atomic E-state index is 8.97. The maximum Gasteiger partial charge on any atom is 0.120 e. The van der Waals surface area contributed by atoms with Crippen molar-refractivity contribution in [1.29, 1.82) is 5.26 Å². The molecule has 1 N–H and O–H groups in total. The van der Waals surface area contributed by atoms with Gasteiger partial charge in [0.25, 0.3) is 0 Å². The highest BCUT2D eigenvalue weighted by Gasteiger charge is 2.05. The first-order chi connectivity index (χ1) is 12.7. The van der Waals surface area contributed by atoms with E-state index in [4.69, 9.17) is 10.00 Å². The van der Waals surface area contributed by atoms with Crippen molar-refractivity contribution in [2.45, 2.75) is 26.1 Å². The van der Waals surface area contributed by atoms with Crippen molar-refractivity contribution in [3.05, 3.63) is 95.3 Å². The summed E-state index contributed by atoms with van der Waals surface area (Å²) in [6.07, 6.45) is 3.66. The molecule has 26 heavy (non-hydrogen) atoms. The standard InChI is InChI=1S/C22H21N3O/c1-17(21-8-4-10-24-15-21)25-14-19-6-3-9-22(12-19)26-16-20-7-2-5-18(11-20)13-23/h2-12,15,17,25H,14,16H2,1H3/t17-/m0/s1. The van der Waals surface area contributed by atoms with Crippen LogP contribution in [0.2, 0.25) is 0 Å². The predicted molar refractivity (Wildman–Crippen MR) is 101 cm³/mol. The first-order valence-corrected chi connectivity index (χ1v) is 8.58. The molecule has 0 saturated carbocycles. The van der Waals surface area contributed by atoms with Gasteiger partial charge >= 0.3 is 0 Å². The molecule has 0 amide bonds. The van der Waals surface area contributed by atoms with Crippen LogP contribution in [0.25, 0.3) is 0 Å². The van der Waals surface area contributed by atoms with Gasteiger partial charge in [0.1, 0.15) is 12.4 Å². The third kappa shape index (κ3) is 4.92. The molecule has 1 aromatic heterocycles. The average molecular weight is 343 g/mol. The summed E-state index contributed by atoms with van der Waals surface area (Å²) < 4.78 is 5.88. The molecular formula is C22H21N3O. The third-order valence-electron chi connectivity index (χ3n) is 4.16. The minimum Gasteiger partial charge on any atom is -0.489 e. The van der Waals surface area contributed by atoms with Gasteiger partial charge in [-0.1, -0.05) is 30.3 Å². The van der Waals surface area contributed by atoms with Gasteiger partial charge in [0.2, 0.25) is 0 Å². The second-order valence-electron chi connectivity index (χ2n) is 6.14. The summed E-state index contributed by atoms with van der Waals surface area (Å²) in [4.78, 5) is 4.16. The Hall–Kier alpha value is -3.16. The molecule has 1 heterocycles. The molecule has 3 aromatic rings. The van der Waals surface area contributed by atoms with E-state index >= 15 is 0 Å². The average Bonchev–Trinajstić information content (AvgIpc) is 2.71. The molecule has 3 rings (SSSR count). The van der Waals surface area contributed by atoms with E-state index < -0.39 is 0 Å². The van der Waals surface area contributed by atoms with Gasteiger partial charge in [-0.05, 0) is 53.9 Å². The number of aromatic nitrogens is 1. The smallest absolute Gasteiger partial charge is 0.120 e. The largest absolute Gasteiger partial charge is 0.489 e. The molecule has 0 aliphatic rings. The second kappa shape index (κ2) is 8.80. The van der Waals surface area contributed by atoms with Crippen LogP contribution in [0.4, 0.5) is 0 Å². The van der Waals surface area contributed by atoms with E-state index in [2.05, 4.69) is 35.4 Å². The SMILES string of the molecule is C[C@H](NCc1cccc(OCc2cccc(C#N)c2)c1)c1cccnc1. The summed E-state index contributed by atoms with van der Waals surface area (Å²) in [5.41, 5.74) is 3.95. The van der Waals surface area contributed by atoms with Crippen LogP contribution in [0, 0.1) is 11.3 Å². The van der Waals surface area contributed by atoms with Crippen LogP contribution in [-0.2, 0) is 13.2 Å². The monoisotopic (exact) mass is 343 g/mol. The topological polar surface area (TPSA) is 57.9 Å². The van der Waals surface area contributed by atoms with Crippen molar-refractivity contribution in [1.82, 2.24) is 10.3 Å². The number of pyridine rings is 1. The Kier molecular flexibility index (Phi) is 5.97. The Labute approximate surface area is 154 Å². The van der Waals surface area contributed by atoms with Crippen LogP contribution in [0.5, 0.6) is 5.75 Å². The van der Waals surface area contributed by atoms with Crippen molar-refractivity contribution in [3.63, 3.8) is 0 Å². The third-order valence-corrected chi connectivity index (χ3v) is 4.16. The summed E-state index contributed by atoms with van der Waals surface area (Å²) in [7, 11) is 0. The molecular weight excluding hydrogens is 322 g/mol. The quantitative estimate of drug-likeness (QED) is 0.691. The Morgan fingerprint density at radius 2 is 1.92 bits per heavy atom. The molecule has 0 radical (unpaired) electrons.